The van der Waals surface area contributed by atoms with Gasteiger partial charge in [-0.05, 0) is 48.2 Å². The molecule has 0 unspecified atom stereocenters. The zero-order chi connectivity index (χ0) is 42.4. The Morgan fingerprint density at radius 1 is 0.683 bits per heavy atom. The van der Waals surface area contributed by atoms with Crippen LogP contribution in [0, 0.1) is 5.92 Å². The number of hydrogen-bond acceptors (Lipinski definition) is 7. The van der Waals surface area contributed by atoms with Crippen molar-refractivity contribution in [2.75, 3.05) is 15.2 Å². The Bertz CT molecular complexity index is 2100. The second-order valence-corrected chi connectivity index (χ2v) is 17.7. The maximum atomic E-state index is 14.1. The molecular weight excluding hydrogens is 838 g/mol. The van der Waals surface area contributed by atoms with E-state index in [1.54, 1.807) is 18.2 Å². The van der Waals surface area contributed by atoms with Crippen molar-refractivity contribution >= 4 is 97.6 Å². The molecule has 0 spiro atoms. The minimum absolute atomic E-state index is 0.152. The van der Waals surface area contributed by atoms with Crippen LogP contribution in [0.2, 0.25) is 20.1 Å². The fourth-order valence-electron chi connectivity index (χ4n) is 8.18. The number of hydrazine groups is 1. The van der Waals surface area contributed by atoms with Crippen molar-refractivity contribution in [1.82, 2.24) is 5.43 Å². The molecule has 13 heteroatoms. The molecule has 4 aromatic carbocycles. The fraction of sp³-hybridized carbons (Fsp3) is 0.468. The topological polar surface area (TPSA) is 106 Å². The molecule has 3 atom stereocenters. The lowest BCUT2D eigenvalue weighted by Gasteiger charge is -2.22. The average Bonchev–Trinajstić information content (AvgIpc) is 3.69. The molecule has 9 nitrogen and oxygen atoms in total. The van der Waals surface area contributed by atoms with E-state index in [2.05, 4.69) is 27.9 Å². The smallest absolute Gasteiger partial charge is 0.271 e. The second kappa shape index (κ2) is 22.9. The van der Waals surface area contributed by atoms with Gasteiger partial charge in [0, 0.05) is 22.7 Å². The number of unbranched alkanes of at least 4 members (excludes halogenated alkanes) is 15. The maximum Gasteiger partial charge on any atom is 0.271 e. The first kappa shape index (κ1) is 45.8. The van der Waals surface area contributed by atoms with Crippen molar-refractivity contribution in [3.8, 4) is 0 Å². The summed E-state index contributed by atoms with van der Waals surface area (Å²) in [6.07, 6.45) is 20.5. The molecule has 60 heavy (non-hydrogen) atoms. The summed E-state index contributed by atoms with van der Waals surface area (Å²) in [6, 6.07) is 20.2. The lowest BCUT2D eigenvalue weighted by atomic mass is 9.98. The normalized spacial score (nSPS) is 18.2. The third-order valence-electron chi connectivity index (χ3n) is 11.5. The first-order valence-electron chi connectivity index (χ1n) is 21.7. The number of benzene rings is 4. The highest BCUT2D eigenvalue weighted by Gasteiger charge is 2.44. The van der Waals surface area contributed by atoms with Gasteiger partial charge >= 0.3 is 0 Å². The molecule has 2 heterocycles. The van der Waals surface area contributed by atoms with Gasteiger partial charge in [-0.1, -0.05) is 192 Å². The van der Waals surface area contributed by atoms with Gasteiger partial charge in [0.25, 0.3) is 5.91 Å². The molecule has 0 bridgehead atoms. The third-order valence-corrected chi connectivity index (χ3v) is 12.6. The number of hydrogen-bond donors (Lipinski definition) is 2. The molecule has 2 aliphatic heterocycles. The Morgan fingerprint density at radius 3 is 1.93 bits per heavy atom. The molecule has 2 N–H and O–H groups in total. The molecule has 2 saturated heterocycles. The number of halogens is 4. The van der Waals surface area contributed by atoms with Crippen molar-refractivity contribution in [3.05, 3.63) is 92.9 Å². The largest absolute Gasteiger partial charge is 0.365 e. The highest BCUT2D eigenvalue weighted by atomic mass is 35.5. The quantitative estimate of drug-likeness (QED) is 0.0438. The molecule has 4 aromatic rings. The van der Waals surface area contributed by atoms with E-state index in [4.69, 9.17) is 46.4 Å². The number of carbonyl (C=O) groups excluding carboxylic acids is 3. The molecule has 6 rings (SSSR count). The lowest BCUT2D eigenvalue weighted by Crippen LogP contribution is -2.42. The summed E-state index contributed by atoms with van der Waals surface area (Å²) < 4.78 is 0. The van der Waals surface area contributed by atoms with Gasteiger partial charge in [0.1, 0.15) is 6.17 Å². The molecular formula is C47H56Cl4N6O3. The molecule has 2 fully saturated rings. The van der Waals surface area contributed by atoms with E-state index in [-0.39, 0.29) is 39.9 Å². The molecule has 0 radical (unpaired) electrons. The Balaban J connectivity index is 1.05. The number of carbonyl (C=O) groups is 3. The van der Waals surface area contributed by atoms with Crippen LogP contribution in [-0.4, -0.2) is 29.9 Å². The summed E-state index contributed by atoms with van der Waals surface area (Å²) >= 11 is 26.0. The summed E-state index contributed by atoms with van der Waals surface area (Å²) in [7, 11) is 0. The molecule has 2 aliphatic rings. The number of fused-ring (bicyclic) bond motifs is 1. The predicted molar refractivity (Wildman–Crippen MR) is 248 cm³/mol. The van der Waals surface area contributed by atoms with E-state index >= 15 is 0 Å². The van der Waals surface area contributed by atoms with E-state index in [1.807, 2.05) is 42.5 Å². The number of imide groups is 1. The lowest BCUT2D eigenvalue weighted by molar-refractivity contribution is -0.122. The molecule has 0 aromatic heterocycles. The monoisotopic (exact) mass is 892 g/mol. The fourth-order valence-corrected chi connectivity index (χ4v) is 9.34. The van der Waals surface area contributed by atoms with Crippen LogP contribution in [0.3, 0.4) is 0 Å². The average molecular weight is 895 g/mol. The SMILES string of the molecule is CCCCCCCCCCCCCCCCCC[C@@H]1CC(=O)N(c2ccc(Cl)c(N[C@@H]3NN(c4c(Cl)cc(Cl)cc4Cl)C(=O)[C@H]3N=Nc3cccc4ccccc34)c2)C1=O. The minimum Gasteiger partial charge on any atom is -0.365 e. The number of anilines is 3. The highest BCUT2D eigenvalue weighted by molar-refractivity contribution is 6.42. The molecule has 320 valence electrons. The van der Waals surface area contributed by atoms with Gasteiger partial charge in [0.15, 0.2) is 6.04 Å². The van der Waals surface area contributed by atoms with Crippen LogP contribution in [0.5, 0.6) is 0 Å². The van der Waals surface area contributed by atoms with Crippen molar-refractivity contribution in [2.24, 2.45) is 16.1 Å². The summed E-state index contributed by atoms with van der Waals surface area (Å²) in [5, 5.41) is 16.3. The summed E-state index contributed by atoms with van der Waals surface area (Å²) in [5.41, 5.74) is 4.69. The van der Waals surface area contributed by atoms with E-state index in [0.29, 0.717) is 33.5 Å². The summed E-state index contributed by atoms with van der Waals surface area (Å²) in [6.45, 7) is 2.27. The zero-order valence-corrected chi connectivity index (χ0v) is 37.4. The Morgan fingerprint density at radius 2 is 1.28 bits per heavy atom. The van der Waals surface area contributed by atoms with Crippen molar-refractivity contribution < 1.29 is 14.4 Å². The van der Waals surface area contributed by atoms with Crippen LogP contribution in [0.4, 0.5) is 22.7 Å². The van der Waals surface area contributed by atoms with Crippen molar-refractivity contribution in [3.63, 3.8) is 0 Å². The van der Waals surface area contributed by atoms with Gasteiger partial charge in [0.2, 0.25) is 11.8 Å². The highest BCUT2D eigenvalue weighted by Crippen LogP contribution is 2.40. The third kappa shape index (κ3) is 12.0. The number of rotatable bonds is 23. The standard InChI is InChI=1S/C47H56Cl4N6O3/c1-2-3-4-5-6-7-8-9-10-11-12-13-14-15-16-17-22-33-28-42(58)56(46(33)59)35-26-27-37(49)41(31-35)52-45-43(54-53-40-25-20-23-32-21-18-19-24-36(32)40)47(60)57(55-45)44-38(50)29-34(48)30-39(44)51/h18-21,23-27,29-31,33,43,45,52,55H,2-17,22,28H2,1H3/t33-,43+,45-/m1/s1. The maximum absolute atomic E-state index is 14.1. The van der Waals surface area contributed by atoms with Crippen LogP contribution < -0.4 is 20.7 Å². The van der Waals surface area contributed by atoms with Gasteiger partial charge < -0.3 is 5.32 Å². The van der Waals surface area contributed by atoms with Gasteiger partial charge in [-0.25, -0.2) is 10.4 Å². The molecule has 3 amide bonds. The molecule has 0 saturated carbocycles. The molecule has 0 aliphatic carbocycles. The first-order chi connectivity index (χ1) is 29.2. The van der Waals surface area contributed by atoms with Gasteiger partial charge in [-0.2, -0.15) is 10.2 Å². The van der Waals surface area contributed by atoms with E-state index in [1.165, 1.54) is 106 Å². The zero-order valence-electron chi connectivity index (χ0n) is 34.4. The number of amides is 3. The first-order valence-corrected chi connectivity index (χ1v) is 23.2. The van der Waals surface area contributed by atoms with Gasteiger partial charge in [0.05, 0.1) is 37.8 Å². The van der Waals surface area contributed by atoms with E-state index < -0.39 is 18.1 Å². The predicted octanol–water partition coefficient (Wildman–Crippen LogP) is 14.4. The van der Waals surface area contributed by atoms with Crippen LogP contribution in [-0.2, 0) is 14.4 Å². The second-order valence-electron chi connectivity index (χ2n) is 16.0. The van der Waals surface area contributed by atoms with Crippen LogP contribution >= 0.6 is 46.4 Å². The van der Waals surface area contributed by atoms with Crippen LogP contribution in [0.15, 0.2) is 83.0 Å². The van der Waals surface area contributed by atoms with E-state index in [0.717, 1.165) is 30.0 Å². The van der Waals surface area contributed by atoms with Crippen molar-refractivity contribution in [1.29, 1.82) is 0 Å². The van der Waals surface area contributed by atoms with Gasteiger partial charge in [-0.15, -0.1) is 0 Å². The summed E-state index contributed by atoms with van der Waals surface area (Å²) in [5.74, 6) is -1.30. The Kier molecular flexibility index (Phi) is 17.5. The Labute approximate surface area is 374 Å². The van der Waals surface area contributed by atoms with Gasteiger partial charge in [-0.3, -0.25) is 19.3 Å². The van der Waals surface area contributed by atoms with Crippen LogP contribution in [0.1, 0.15) is 122 Å². The number of nitrogens with zero attached hydrogens (tertiary/aromatic N) is 4. The van der Waals surface area contributed by atoms with E-state index in [9.17, 15) is 14.4 Å². The Hall–Kier alpha value is -3.73. The van der Waals surface area contributed by atoms with Crippen molar-refractivity contribution in [2.45, 2.75) is 135 Å². The minimum atomic E-state index is -1.12. The number of nitrogens with one attached hydrogen (secondary N) is 2. The van der Waals surface area contributed by atoms with Crippen LogP contribution in [0.25, 0.3) is 10.8 Å². The number of azo groups is 1. The summed E-state index contributed by atoms with van der Waals surface area (Å²) in [4.78, 5) is 42.4.